The van der Waals surface area contributed by atoms with Gasteiger partial charge < -0.3 is 14.8 Å². The van der Waals surface area contributed by atoms with Gasteiger partial charge in [0.2, 0.25) is 0 Å². The van der Waals surface area contributed by atoms with Gasteiger partial charge in [-0.15, -0.1) is 0 Å². The maximum absolute atomic E-state index is 9.39. The molecule has 1 aliphatic carbocycles. The van der Waals surface area contributed by atoms with E-state index in [0.29, 0.717) is 0 Å². The number of nitrogens with one attached hydrogen (secondary N) is 1. The smallest absolute Gasteiger partial charge is 0.137 e. The first-order valence-electron chi connectivity index (χ1n) is 10.8. The van der Waals surface area contributed by atoms with Crippen molar-refractivity contribution in [1.29, 1.82) is 5.26 Å². The first-order chi connectivity index (χ1) is 14.6. The summed E-state index contributed by atoms with van der Waals surface area (Å²) < 4.78 is 12.4. The van der Waals surface area contributed by atoms with Crippen LogP contribution in [0.1, 0.15) is 58.1 Å². The number of nitriles is 1. The molecule has 0 fully saturated rings. The molecule has 4 rings (SSSR count). The number of hydrogen-bond donors (Lipinski definition) is 1. The van der Waals surface area contributed by atoms with Crippen LogP contribution in [0.5, 0.6) is 5.75 Å². The summed E-state index contributed by atoms with van der Waals surface area (Å²) >= 11 is 0. The van der Waals surface area contributed by atoms with E-state index in [1.807, 2.05) is 13.0 Å². The fourth-order valence-electron chi connectivity index (χ4n) is 4.40. The maximum Gasteiger partial charge on any atom is 0.137 e. The van der Waals surface area contributed by atoms with Crippen molar-refractivity contribution < 1.29 is 9.47 Å². The molecule has 0 amide bonds. The molecule has 0 bridgehead atoms. The van der Waals surface area contributed by atoms with Gasteiger partial charge in [0.05, 0.1) is 12.3 Å². The summed E-state index contributed by atoms with van der Waals surface area (Å²) in [6.45, 7) is 9.16. The minimum atomic E-state index is 0.720. The molecule has 2 aliphatic heterocycles. The number of allylic oxidation sites excluding steroid dienone is 7. The molecule has 0 radical (unpaired) electrons. The Morgan fingerprint density at radius 2 is 2.00 bits per heavy atom. The molecule has 3 aliphatic rings. The van der Waals surface area contributed by atoms with Gasteiger partial charge in [0.1, 0.15) is 17.3 Å². The molecule has 0 saturated heterocycles. The lowest BCUT2D eigenvalue weighted by atomic mass is 9.85. The SMILES string of the molecule is CCNc1cc2c(cc1CC)C(C)=C/C(=C1/CCCC3=C1OC=C/C3=C(\C)C#N)O2. The second-order valence-electron chi connectivity index (χ2n) is 7.89. The van der Waals surface area contributed by atoms with Crippen molar-refractivity contribution in [2.45, 2.75) is 53.4 Å². The molecule has 30 heavy (non-hydrogen) atoms. The highest BCUT2D eigenvalue weighted by atomic mass is 16.5. The van der Waals surface area contributed by atoms with Crippen LogP contribution in [0, 0.1) is 11.3 Å². The van der Waals surface area contributed by atoms with E-state index in [1.54, 1.807) is 6.26 Å². The Morgan fingerprint density at radius 3 is 2.73 bits per heavy atom. The van der Waals surface area contributed by atoms with Gasteiger partial charge in [-0.25, -0.2) is 0 Å². The number of benzene rings is 1. The highest BCUT2D eigenvalue weighted by Crippen LogP contribution is 2.43. The van der Waals surface area contributed by atoms with Crippen molar-refractivity contribution in [3.63, 3.8) is 0 Å². The van der Waals surface area contributed by atoms with Crippen LogP contribution < -0.4 is 10.1 Å². The minimum absolute atomic E-state index is 0.720. The number of nitrogens with zero attached hydrogens (tertiary/aromatic N) is 1. The second-order valence-corrected chi connectivity index (χ2v) is 7.89. The third-order valence-electron chi connectivity index (χ3n) is 5.96. The van der Waals surface area contributed by atoms with Crippen molar-refractivity contribution in [3.05, 3.63) is 75.5 Å². The number of hydrogen-bond acceptors (Lipinski definition) is 4. The summed E-state index contributed by atoms with van der Waals surface area (Å²) in [5, 5.41) is 12.9. The predicted molar refractivity (Wildman–Crippen MR) is 121 cm³/mol. The monoisotopic (exact) mass is 400 g/mol. The molecule has 4 nitrogen and oxygen atoms in total. The van der Waals surface area contributed by atoms with E-state index < -0.39 is 0 Å². The summed E-state index contributed by atoms with van der Waals surface area (Å²) in [5.41, 5.74) is 8.67. The largest absolute Gasteiger partial charge is 0.464 e. The fourth-order valence-corrected chi connectivity index (χ4v) is 4.40. The van der Waals surface area contributed by atoms with E-state index in [9.17, 15) is 5.26 Å². The average Bonchev–Trinajstić information content (AvgIpc) is 2.77. The topological polar surface area (TPSA) is 54.3 Å². The third kappa shape index (κ3) is 3.45. The van der Waals surface area contributed by atoms with Crippen LogP contribution in [0.4, 0.5) is 5.69 Å². The molecule has 0 atom stereocenters. The van der Waals surface area contributed by atoms with E-state index in [0.717, 1.165) is 83.0 Å². The standard InChI is InChI=1S/C26H28N2O2/c1-5-18-13-22-16(3)12-24(30-25(22)14-23(18)28-6-2)21-9-7-8-20-19(17(4)15-27)10-11-29-26(20)21/h10-14,28H,5-9H2,1-4H3/b19-17-,24-21+. The second kappa shape index (κ2) is 8.28. The van der Waals surface area contributed by atoms with Crippen LogP contribution in [0.25, 0.3) is 5.57 Å². The molecule has 2 heterocycles. The van der Waals surface area contributed by atoms with Gasteiger partial charge in [0.25, 0.3) is 0 Å². The van der Waals surface area contributed by atoms with E-state index in [2.05, 4.69) is 50.4 Å². The first-order valence-corrected chi connectivity index (χ1v) is 10.8. The van der Waals surface area contributed by atoms with Crippen LogP contribution in [0.15, 0.2) is 64.4 Å². The van der Waals surface area contributed by atoms with E-state index in [-0.39, 0.29) is 0 Å². The zero-order valence-electron chi connectivity index (χ0n) is 18.2. The highest BCUT2D eigenvalue weighted by molar-refractivity contribution is 5.78. The van der Waals surface area contributed by atoms with Gasteiger partial charge >= 0.3 is 0 Å². The molecule has 1 N–H and O–H groups in total. The van der Waals surface area contributed by atoms with E-state index in [4.69, 9.17) is 9.47 Å². The van der Waals surface area contributed by atoms with Crippen LogP contribution in [-0.4, -0.2) is 6.54 Å². The van der Waals surface area contributed by atoms with Gasteiger partial charge in [-0.1, -0.05) is 6.92 Å². The molecule has 4 heteroatoms. The molecule has 1 aromatic carbocycles. The van der Waals surface area contributed by atoms with Crippen molar-refractivity contribution in [2.75, 3.05) is 11.9 Å². The third-order valence-corrected chi connectivity index (χ3v) is 5.96. The van der Waals surface area contributed by atoms with Gasteiger partial charge in [0, 0.05) is 40.6 Å². The van der Waals surface area contributed by atoms with Crippen molar-refractivity contribution in [3.8, 4) is 11.8 Å². The van der Waals surface area contributed by atoms with Gasteiger partial charge in [-0.2, -0.15) is 5.26 Å². The van der Waals surface area contributed by atoms with Crippen LogP contribution >= 0.6 is 0 Å². The van der Waals surface area contributed by atoms with Crippen LogP contribution in [-0.2, 0) is 11.2 Å². The quantitative estimate of drug-likeness (QED) is 0.584. The molecule has 0 unspecified atom stereocenters. The molecular formula is C26H28N2O2. The molecule has 0 spiro atoms. The molecule has 0 aromatic heterocycles. The molecule has 154 valence electrons. The summed E-state index contributed by atoms with van der Waals surface area (Å²) in [6, 6.07) is 6.65. The van der Waals surface area contributed by atoms with Gasteiger partial charge in [-0.05, 0) is 81.4 Å². The van der Waals surface area contributed by atoms with Crippen molar-refractivity contribution in [1.82, 2.24) is 0 Å². The number of anilines is 1. The number of ether oxygens (including phenoxy) is 2. The normalized spacial score (nSPS) is 21.6. The fraction of sp³-hybridized carbons (Fsp3) is 0.346. The van der Waals surface area contributed by atoms with E-state index in [1.165, 1.54) is 11.1 Å². The summed E-state index contributed by atoms with van der Waals surface area (Å²) in [7, 11) is 0. The Kier molecular flexibility index (Phi) is 5.55. The van der Waals surface area contributed by atoms with E-state index >= 15 is 0 Å². The first kappa shape index (κ1) is 20.1. The summed E-state index contributed by atoms with van der Waals surface area (Å²) in [6.07, 6.45) is 9.51. The van der Waals surface area contributed by atoms with Crippen molar-refractivity contribution in [2.24, 2.45) is 0 Å². The number of aryl methyl sites for hydroxylation is 1. The van der Waals surface area contributed by atoms with Gasteiger partial charge in [-0.3, -0.25) is 0 Å². The number of fused-ring (bicyclic) bond motifs is 1. The van der Waals surface area contributed by atoms with Crippen LogP contribution in [0.2, 0.25) is 0 Å². The van der Waals surface area contributed by atoms with Crippen molar-refractivity contribution >= 4 is 11.3 Å². The Hall–Kier alpha value is -3.19. The lowest BCUT2D eigenvalue weighted by molar-refractivity contribution is 0.328. The molecule has 1 aromatic rings. The molecular weight excluding hydrogens is 372 g/mol. The minimum Gasteiger partial charge on any atom is -0.464 e. The van der Waals surface area contributed by atoms with Gasteiger partial charge in [0.15, 0.2) is 0 Å². The Morgan fingerprint density at radius 1 is 1.20 bits per heavy atom. The Balaban J connectivity index is 1.82. The zero-order valence-corrected chi connectivity index (χ0v) is 18.2. The predicted octanol–water partition coefficient (Wildman–Crippen LogP) is 6.55. The van der Waals surface area contributed by atoms with Crippen LogP contribution in [0.3, 0.4) is 0 Å². The lowest BCUT2D eigenvalue weighted by Gasteiger charge is -2.29. The summed E-state index contributed by atoms with van der Waals surface area (Å²) in [4.78, 5) is 0. The Bertz CT molecular complexity index is 1090. The lowest BCUT2D eigenvalue weighted by Crippen LogP contribution is -2.15. The average molecular weight is 401 g/mol. The maximum atomic E-state index is 9.39. The summed E-state index contributed by atoms with van der Waals surface area (Å²) in [5.74, 6) is 2.59. The highest BCUT2D eigenvalue weighted by Gasteiger charge is 2.29. The number of rotatable bonds is 3. The zero-order chi connectivity index (χ0) is 21.3. The Labute approximate surface area is 178 Å². The molecule has 0 saturated carbocycles.